The molecule has 0 saturated heterocycles. The summed E-state index contributed by atoms with van der Waals surface area (Å²) >= 11 is 3.46. The summed E-state index contributed by atoms with van der Waals surface area (Å²) in [6.07, 6.45) is 3.19. The molecule has 4 nitrogen and oxygen atoms in total. The van der Waals surface area contributed by atoms with Crippen molar-refractivity contribution in [3.63, 3.8) is 0 Å². The van der Waals surface area contributed by atoms with Gasteiger partial charge in [-0.05, 0) is 42.0 Å². The van der Waals surface area contributed by atoms with Crippen LogP contribution in [0.5, 0.6) is 11.5 Å². The average molecular weight is 387 g/mol. The maximum atomic E-state index is 12.3. The molecule has 1 heterocycles. The second-order valence-corrected chi connectivity index (χ2v) is 5.93. The molecule has 0 saturated carbocycles. The van der Waals surface area contributed by atoms with Crippen LogP contribution < -0.4 is 9.47 Å². The first-order valence-corrected chi connectivity index (χ1v) is 8.04. The number of ketones is 1. The number of carbonyl (C=O) groups is 1. The zero-order valence-corrected chi connectivity index (χ0v) is 14.8. The fourth-order valence-corrected chi connectivity index (χ4v) is 2.80. The molecule has 3 rings (SSSR count). The van der Waals surface area contributed by atoms with Crippen LogP contribution >= 0.6 is 15.9 Å². The van der Waals surface area contributed by atoms with Gasteiger partial charge in [-0.25, -0.2) is 0 Å². The van der Waals surface area contributed by atoms with Crippen molar-refractivity contribution in [3.8, 4) is 11.5 Å². The molecule has 0 aliphatic heterocycles. The average Bonchev–Trinajstić information content (AvgIpc) is 3.04. The molecule has 0 unspecified atom stereocenters. The lowest BCUT2D eigenvalue weighted by Crippen LogP contribution is -1.93. The topological polar surface area (TPSA) is 48.7 Å². The van der Waals surface area contributed by atoms with Crippen LogP contribution in [0.15, 0.2) is 57.4 Å². The van der Waals surface area contributed by atoms with Crippen molar-refractivity contribution in [1.29, 1.82) is 0 Å². The van der Waals surface area contributed by atoms with Gasteiger partial charge in [-0.3, -0.25) is 4.79 Å². The number of hydrogen-bond acceptors (Lipinski definition) is 4. The van der Waals surface area contributed by atoms with Crippen LogP contribution in [0.4, 0.5) is 0 Å². The molecular formula is C19H15BrO4. The number of para-hydroxylation sites is 1. The highest BCUT2D eigenvalue weighted by molar-refractivity contribution is 9.10. The van der Waals surface area contributed by atoms with Gasteiger partial charge in [-0.1, -0.05) is 34.1 Å². The number of fused-ring (bicyclic) bond motifs is 1. The van der Waals surface area contributed by atoms with Crippen LogP contribution in [0.25, 0.3) is 17.0 Å². The molecule has 5 heteroatoms. The molecule has 0 fully saturated rings. The molecular weight excluding hydrogens is 372 g/mol. The molecule has 0 N–H and O–H groups in total. The molecule has 1 aromatic heterocycles. The largest absolute Gasteiger partial charge is 0.493 e. The van der Waals surface area contributed by atoms with Crippen LogP contribution in [0.2, 0.25) is 0 Å². The number of allylic oxidation sites excluding steroid dienone is 1. The van der Waals surface area contributed by atoms with Crippen molar-refractivity contribution in [1.82, 2.24) is 0 Å². The number of rotatable bonds is 5. The van der Waals surface area contributed by atoms with Crippen molar-refractivity contribution >= 4 is 38.8 Å². The van der Waals surface area contributed by atoms with Crippen molar-refractivity contribution in [2.45, 2.75) is 0 Å². The molecule has 3 aromatic rings. The molecule has 0 amide bonds. The molecule has 0 atom stereocenters. The Bertz CT molecular complexity index is 891. The molecule has 0 radical (unpaired) electrons. The van der Waals surface area contributed by atoms with Gasteiger partial charge in [0.25, 0.3) is 0 Å². The monoisotopic (exact) mass is 386 g/mol. The lowest BCUT2D eigenvalue weighted by molar-refractivity contribution is 0.102. The van der Waals surface area contributed by atoms with E-state index >= 15 is 0 Å². The zero-order valence-electron chi connectivity index (χ0n) is 13.2. The summed E-state index contributed by atoms with van der Waals surface area (Å²) in [5, 5.41) is 0.904. The highest BCUT2D eigenvalue weighted by Gasteiger charge is 2.11. The van der Waals surface area contributed by atoms with E-state index in [2.05, 4.69) is 15.9 Å². The Balaban J connectivity index is 1.88. The first-order chi connectivity index (χ1) is 11.6. The predicted octanol–water partition coefficient (Wildman–Crippen LogP) is 5.11. The molecule has 24 heavy (non-hydrogen) atoms. The van der Waals surface area contributed by atoms with Gasteiger partial charge in [0.1, 0.15) is 5.58 Å². The standard InChI is InChI=1S/C19H15BrO4/c1-22-18-9-12(14(20)11-19(18)23-2)7-8-15(21)17-10-13-5-3-4-6-16(13)24-17/h3-11H,1-2H3/b8-7+. The Morgan fingerprint density at radius 1 is 1.08 bits per heavy atom. The van der Waals surface area contributed by atoms with Crippen LogP contribution in [0.1, 0.15) is 16.1 Å². The van der Waals surface area contributed by atoms with Crippen LogP contribution in [0.3, 0.4) is 0 Å². The van der Waals surface area contributed by atoms with Gasteiger partial charge in [-0.2, -0.15) is 0 Å². The fraction of sp³-hybridized carbons (Fsp3) is 0.105. The summed E-state index contributed by atoms with van der Waals surface area (Å²) in [5.74, 6) is 1.32. The second-order valence-electron chi connectivity index (χ2n) is 5.07. The summed E-state index contributed by atoms with van der Waals surface area (Å²) in [4.78, 5) is 12.3. The van der Waals surface area contributed by atoms with Gasteiger partial charge in [-0.15, -0.1) is 0 Å². The Hall–Kier alpha value is -2.53. The lowest BCUT2D eigenvalue weighted by atomic mass is 10.1. The molecule has 0 aliphatic rings. The van der Waals surface area contributed by atoms with E-state index in [9.17, 15) is 4.79 Å². The maximum Gasteiger partial charge on any atom is 0.221 e. The molecule has 0 bridgehead atoms. The Morgan fingerprint density at radius 3 is 2.50 bits per heavy atom. The smallest absolute Gasteiger partial charge is 0.221 e. The normalized spacial score (nSPS) is 11.1. The first kappa shape index (κ1) is 16.3. The van der Waals surface area contributed by atoms with E-state index in [1.807, 2.05) is 24.3 Å². The van der Waals surface area contributed by atoms with Gasteiger partial charge in [0.15, 0.2) is 17.3 Å². The number of carbonyl (C=O) groups excluding carboxylic acids is 1. The van der Waals surface area contributed by atoms with Crippen LogP contribution in [-0.4, -0.2) is 20.0 Å². The maximum absolute atomic E-state index is 12.3. The minimum Gasteiger partial charge on any atom is -0.493 e. The third kappa shape index (κ3) is 3.21. The minimum absolute atomic E-state index is 0.201. The van der Waals surface area contributed by atoms with E-state index in [1.165, 1.54) is 6.08 Å². The third-order valence-corrected chi connectivity index (χ3v) is 4.27. The SMILES string of the molecule is COc1cc(Br)c(/C=C/C(=O)c2cc3ccccc3o2)cc1OC. The lowest BCUT2D eigenvalue weighted by Gasteiger charge is -2.09. The summed E-state index contributed by atoms with van der Waals surface area (Å²) in [5.41, 5.74) is 1.50. The van der Waals surface area contributed by atoms with E-state index in [0.717, 1.165) is 15.4 Å². The number of methoxy groups -OCH3 is 2. The summed E-state index contributed by atoms with van der Waals surface area (Å²) in [6, 6.07) is 12.9. The highest BCUT2D eigenvalue weighted by Crippen LogP contribution is 2.34. The first-order valence-electron chi connectivity index (χ1n) is 7.25. The van der Waals surface area contributed by atoms with Crippen molar-refractivity contribution in [3.05, 3.63) is 64.3 Å². The van der Waals surface area contributed by atoms with E-state index in [1.54, 1.807) is 38.5 Å². The molecule has 122 valence electrons. The van der Waals surface area contributed by atoms with Gasteiger partial charge in [0.2, 0.25) is 5.78 Å². The van der Waals surface area contributed by atoms with E-state index in [4.69, 9.17) is 13.9 Å². The minimum atomic E-state index is -0.201. The quantitative estimate of drug-likeness (QED) is 0.451. The Morgan fingerprint density at radius 2 is 1.79 bits per heavy atom. The van der Waals surface area contributed by atoms with Gasteiger partial charge >= 0.3 is 0 Å². The summed E-state index contributed by atoms with van der Waals surface area (Å²) in [6.45, 7) is 0. The Kier molecular flexibility index (Phi) is 4.71. The molecule has 0 spiro atoms. The van der Waals surface area contributed by atoms with E-state index < -0.39 is 0 Å². The second kappa shape index (κ2) is 6.93. The van der Waals surface area contributed by atoms with Crippen molar-refractivity contribution in [2.75, 3.05) is 14.2 Å². The highest BCUT2D eigenvalue weighted by atomic mass is 79.9. The van der Waals surface area contributed by atoms with Gasteiger partial charge in [0.05, 0.1) is 14.2 Å². The predicted molar refractivity (Wildman–Crippen MR) is 96.8 cm³/mol. The number of hydrogen-bond donors (Lipinski definition) is 0. The van der Waals surface area contributed by atoms with Gasteiger partial charge in [0, 0.05) is 9.86 Å². The van der Waals surface area contributed by atoms with Crippen LogP contribution in [0, 0.1) is 0 Å². The molecule has 0 aliphatic carbocycles. The number of benzene rings is 2. The van der Waals surface area contributed by atoms with Crippen molar-refractivity contribution < 1.29 is 18.7 Å². The molecule has 2 aromatic carbocycles. The number of halogens is 1. The number of ether oxygens (including phenoxy) is 2. The Labute approximate surface area is 147 Å². The summed E-state index contributed by atoms with van der Waals surface area (Å²) in [7, 11) is 3.14. The van der Waals surface area contributed by atoms with E-state index in [0.29, 0.717) is 22.8 Å². The third-order valence-electron chi connectivity index (χ3n) is 3.59. The number of furan rings is 1. The van der Waals surface area contributed by atoms with Crippen molar-refractivity contribution in [2.24, 2.45) is 0 Å². The van der Waals surface area contributed by atoms with Crippen LogP contribution in [-0.2, 0) is 0 Å². The zero-order chi connectivity index (χ0) is 17.1. The van der Waals surface area contributed by atoms with E-state index in [-0.39, 0.29) is 5.78 Å². The summed E-state index contributed by atoms with van der Waals surface area (Å²) < 4.78 is 16.9. The van der Waals surface area contributed by atoms with Gasteiger partial charge < -0.3 is 13.9 Å². The fourth-order valence-electron chi connectivity index (χ4n) is 2.35.